The summed E-state index contributed by atoms with van der Waals surface area (Å²) in [7, 11) is 0. The van der Waals surface area contributed by atoms with E-state index in [-0.39, 0.29) is 5.91 Å². The predicted octanol–water partition coefficient (Wildman–Crippen LogP) is 3.45. The fraction of sp³-hybridized carbons (Fsp3) is 0.435. The van der Waals surface area contributed by atoms with Gasteiger partial charge < -0.3 is 9.64 Å². The number of amides is 1. The van der Waals surface area contributed by atoms with Gasteiger partial charge in [0.05, 0.1) is 18.5 Å². The molecule has 3 aliphatic heterocycles. The molecule has 2 fully saturated rings. The lowest BCUT2D eigenvalue weighted by Gasteiger charge is -2.43. The van der Waals surface area contributed by atoms with Crippen molar-refractivity contribution in [2.75, 3.05) is 32.8 Å². The standard InChI is InChI=1S/C23H25N5O2S/c29-23(28-9-8-27-7-2-1-3-17(27)14-28)22-26-21-18-5-4-15(16-12-24-25-13-16)11-19(18)30-10-6-20(21)31-22/h4-5,11-13,17H,1-3,6-10,14H2,(H,24,25). The van der Waals surface area contributed by atoms with E-state index in [2.05, 4.69) is 27.2 Å². The van der Waals surface area contributed by atoms with Crippen molar-refractivity contribution in [3.63, 3.8) is 0 Å². The summed E-state index contributed by atoms with van der Waals surface area (Å²) in [6.07, 6.45) is 8.19. The number of benzene rings is 1. The number of aromatic nitrogens is 3. The van der Waals surface area contributed by atoms with Crippen molar-refractivity contribution in [3.8, 4) is 28.1 Å². The molecule has 3 aromatic rings. The normalized spacial score (nSPS) is 20.9. The van der Waals surface area contributed by atoms with Crippen molar-refractivity contribution < 1.29 is 9.53 Å². The molecule has 5 heterocycles. The summed E-state index contributed by atoms with van der Waals surface area (Å²) in [4.78, 5) is 23.9. The molecule has 3 aliphatic rings. The summed E-state index contributed by atoms with van der Waals surface area (Å²) in [5, 5.41) is 7.50. The molecule has 2 aromatic heterocycles. The van der Waals surface area contributed by atoms with Crippen molar-refractivity contribution in [1.82, 2.24) is 25.0 Å². The second-order valence-corrected chi connectivity index (χ2v) is 9.61. The molecular formula is C23H25N5O2S. The van der Waals surface area contributed by atoms with Gasteiger partial charge in [0.25, 0.3) is 5.91 Å². The van der Waals surface area contributed by atoms with E-state index < -0.39 is 0 Å². The number of aromatic amines is 1. The number of hydrogen-bond donors (Lipinski definition) is 1. The van der Waals surface area contributed by atoms with E-state index in [0.717, 1.165) is 59.1 Å². The van der Waals surface area contributed by atoms with E-state index in [1.807, 2.05) is 17.2 Å². The molecule has 7 nitrogen and oxygen atoms in total. The third-order valence-corrected chi connectivity index (χ3v) is 7.76. The number of H-pyrrole nitrogens is 1. The first kappa shape index (κ1) is 19.0. The fourth-order valence-electron chi connectivity index (χ4n) is 4.98. The van der Waals surface area contributed by atoms with Crippen LogP contribution in [0.3, 0.4) is 0 Å². The van der Waals surface area contributed by atoms with Crippen LogP contribution in [0.4, 0.5) is 0 Å². The zero-order valence-electron chi connectivity index (χ0n) is 17.3. The number of piperazine rings is 1. The smallest absolute Gasteiger partial charge is 0.282 e. The number of nitrogens with zero attached hydrogens (tertiary/aromatic N) is 4. The number of carbonyl (C=O) groups is 1. The van der Waals surface area contributed by atoms with Gasteiger partial charge in [-0.3, -0.25) is 14.8 Å². The van der Waals surface area contributed by atoms with Crippen LogP contribution in [-0.2, 0) is 6.42 Å². The Bertz CT molecular complexity index is 1110. The number of piperidine rings is 1. The lowest BCUT2D eigenvalue weighted by Crippen LogP contribution is -2.56. The molecule has 0 spiro atoms. The fourth-order valence-corrected chi connectivity index (χ4v) is 6.00. The van der Waals surface area contributed by atoms with Gasteiger partial charge in [-0.1, -0.05) is 12.5 Å². The van der Waals surface area contributed by atoms with Gasteiger partial charge in [-0.25, -0.2) is 4.98 Å². The van der Waals surface area contributed by atoms with Gasteiger partial charge in [0.2, 0.25) is 0 Å². The average molecular weight is 436 g/mol. The number of thiazole rings is 1. The zero-order chi connectivity index (χ0) is 20.8. The molecule has 1 N–H and O–H groups in total. The molecule has 0 aliphatic carbocycles. The summed E-state index contributed by atoms with van der Waals surface area (Å²) < 4.78 is 6.04. The highest BCUT2D eigenvalue weighted by molar-refractivity contribution is 7.14. The monoisotopic (exact) mass is 435 g/mol. The SMILES string of the molecule is O=C(c1nc2c(s1)CCOc1cc(-c3cn[nH]c3)ccc1-2)N1CCN2CCCCC2C1. The van der Waals surface area contributed by atoms with Gasteiger partial charge in [0, 0.05) is 54.3 Å². The summed E-state index contributed by atoms with van der Waals surface area (Å²) in [6.45, 7) is 4.38. The van der Waals surface area contributed by atoms with Crippen molar-refractivity contribution in [1.29, 1.82) is 0 Å². The molecular weight excluding hydrogens is 410 g/mol. The molecule has 2 saturated heterocycles. The van der Waals surface area contributed by atoms with Gasteiger partial charge in [0.1, 0.15) is 5.75 Å². The Labute approximate surface area is 185 Å². The number of hydrogen-bond acceptors (Lipinski definition) is 6. The quantitative estimate of drug-likeness (QED) is 0.667. The van der Waals surface area contributed by atoms with Crippen molar-refractivity contribution in [2.45, 2.75) is 31.7 Å². The van der Waals surface area contributed by atoms with E-state index in [1.165, 1.54) is 37.1 Å². The minimum absolute atomic E-state index is 0.0841. The molecule has 0 saturated carbocycles. The number of carbonyl (C=O) groups excluding carboxylic acids is 1. The van der Waals surface area contributed by atoms with Crippen molar-refractivity contribution in [2.24, 2.45) is 0 Å². The van der Waals surface area contributed by atoms with Gasteiger partial charge in [-0.2, -0.15) is 5.10 Å². The molecule has 8 heteroatoms. The Morgan fingerprint density at radius 2 is 2.16 bits per heavy atom. The second kappa shape index (κ2) is 7.76. The number of nitrogens with one attached hydrogen (secondary N) is 1. The van der Waals surface area contributed by atoms with E-state index in [4.69, 9.17) is 9.72 Å². The maximum atomic E-state index is 13.3. The summed E-state index contributed by atoms with van der Waals surface area (Å²) >= 11 is 1.53. The van der Waals surface area contributed by atoms with Crippen LogP contribution in [0, 0.1) is 0 Å². The topological polar surface area (TPSA) is 74.3 Å². The first-order valence-electron chi connectivity index (χ1n) is 11.1. The highest BCUT2D eigenvalue weighted by atomic mass is 32.1. The van der Waals surface area contributed by atoms with Crippen LogP contribution in [0.1, 0.15) is 33.9 Å². The second-order valence-electron chi connectivity index (χ2n) is 8.52. The molecule has 6 rings (SSSR count). The third-order valence-electron chi connectivity index (χ3n) is 6.66. The Morgan fingerprint density at radius 3 is 3.06 bits per heavy atom. The lowest BCUT2D eigenvalue weighted by molar-refractivity contribution is 0.0372. The molecule has 1 atom stereocenters. The van der Waals surface area contributed by atoms with E-state index in [1.54, 1.807) is 6.20 Å². The van der Waals surface area contributed by atoms with Gasteiger partial charge in [-0.05, 0) is 37.1 Å². The van der Waals surface area contributed by atoms with Gasteiger partial charge >= 0.3 is 0 Å². The lowest BCUT2D eigenvalue weighted by atomic mass is 9.99. The Morgan fingerprint density at radius 1 is 1.19 bits per heavy atom. The highest BCUT2D eigenvalue weighted by Gasteiger charge is 2.33. The maximum Gasteiger partial charge on any atom is 0.282 e. The van der Waals surface area contributed by atoms with Crippen molar-refractivity contribution in [3.05, 3.63) is 40.5 Å². The highest BCUT2D eigenvalue weighted by Crippen LogP contribution is 2.40. The average Bonchev–Trinajstić information content (AvgIpc) is 3.46. The molecule has 1 unspecified atom stereocenters. The molecule has 0 radical (unpaired) electrons. The Hall–Kier alpha value is -2.71. The van der Waals surface area contributed by atoms with Crippen LogP contribution in [0.15, 0.2) is 30.6 Å². The van der Waals surface area contributed by atoms with E-state index in [9.17, 15) is 4.79 Å². The summed E-state index contributed by atoms with van der Waals surface area (Å²) in [5.74, 6) is 0.901. The summed E-state index contributed by atoms with van der Waals surface area (Å²) in [6, 6.07) is 6.67. The van der Waals surface area contributed by atoms with Crippen LogP contribution < -0.4 is 4.74 Å². The Kier molecular flexibility index (Phi) is 4.76. The largest absolute Gasteiger partial charge is 0.492 e. The molecule has 0 bridgehead atoms. The maximum absolute atomic E-state index is 13.3. The predicted molar refractivity (Wildman–Crippen MR) is 119 cm³/mol. The van der Waals surface area contributed by atoms with Gasteiger partial charge in [-0.15, -0.1) is 11.3 Å². The first-order valence-corrected chi connectivity index (χ1v) is 11.9. The first-order chi connectivity index (χ1) is 15.3. The number of fused-ring (bicyclic) bond motifs is 4. The Balaban J connectivity index is 1.28. The van der Waals surface area contributed by atoms with Crippen LogP contribution in [0.25, 0.3) is 22.4 Å². The number of ether oxygens (including phenoxy) is 1. The van der Waals surface area contributed by atoms with Crippen molar-refractivity contribution >= 4 is 17.2 Å². The number of rotatable bonds is 2. The molecule has 1 aromatic carbocycles. The molecule has 1 amide bonds. The van der Waals surface area contributed by atoms with E-state index in [0.29, 0.717) is 17.7 Å². The minimum Gasteiger partial charge on any atom is -0.492 e. The molecule has 31 heavy (non-hydrogen) atoms. The third kappa shape index (κ3) is 3.43. The zero-order valence-corrected chi connectivity index (χ0v) is 18.2. The van der Waals surface area contributed by atoms with Crippen LogP contribution in [-0.4, -0.2) is 69.7 Å². The minimum atomic E-state index is 0.0841. The van der Waals surface area contributed by atoms with E-state index >= 15 is 0 Å². The molecule has 160 valence electrons. The van der Waals surface area contributed by atoms with Gasteiger partial charge in [0.15, 0.2) is 5.01 Å². The van der Waals surface area contributed by atoms with Crippen LogP contribution >= 0.6 is 11.3 Å². The van der Waals surface area contributed by atoms with Crippen LogP contribution in [0.5, 0.6) is 5.75 Å². The summed E-state index contributed by atoms with van der Waals surface area (Å²) in [5.41, 5.74) is 3.93. The van der Waals surface area contributed by atoms with Crippen LogP contribution in [0.2, 0.25) is 0 Å².